The van der Waals surface area contributed by atoms with E-state index >= 15 is 0 Å². The second-order valence-corrected chi connectivity index (χ2v) is 7.78. The van der Waals surface area contributed by atoms with E-state index in [0.717, 1.165) is 5.56 Å². The summed E-state index contributed by atoms with van der Waals surface area (Å²) in [6.45, 7) is 6.46. The smallest absolute Gasteiger partial charge is 0.275 e. The van der Waals surface area contributed by atoms with E-state index in [1.165, 1.54) is 4.68 Å². The van der Waals surface area contributed by atoms with Crippen LogP contribution in [0.5, 0.6) is 0 Å². The first kappa shape index (κ1) is 21.9. The van der Waals surface area contributed by atoms with Crippen LogP contribution < -0.4 is 10.9 Å². The van der Waals surface area contributed by atoms with Crippen molar-refractivity contribution in [3.05, 3.63) is 70.4 Å². The van der Waals surface area contributed by atoms with Crippen molar-refractivity contribution in [3.63, 3.8) is 0 Å². The Morgan fingerprint density at radius 2 is 1.97 bits per heavy atom. The molecule has 1 atom stereocenters. The SMILES string of the molecule is CC(C)Cn1nc(C(=O)N2CCNCC2c2cccnc2)c2ccccc2c1=O.Cl. The Hall–Kier alpha value is -2.77. The molecule has 2 aromatic heterocycles. The molecule has 7 nitrogen and oxygen atoms in total. The van der Waals surface area contributed by atoms with Crippen LogP contribution in [0.1, 0.15) is 35.9 Å². The van der Waals surface area contributed by atoms with E-state index in [9.17, 15) is 9.59 Å². The molecule has 158 valence electrons. The third kappa shape index (κ3) is 4.22. The number of amides is 1. The first-order chi connectivity index (χ1) is 14.1. The highest BCUT2D eigenvalue weighted by molar-refractivity contribution is 6.05. The average molecular weight is 428 g/mol. The molecule has 3 heterocycles. The number of halogens is 1. The molecule has 1 saturated heterocycles. The fourth-order valence-corrected chi connectivity index (χ4v) is 3.82. The maximum absolute atomic E-state index is 13.6. The number of nitrogens with one attached hydrogen (secondary N) is 1. The summed E-state index contributed by atoms with van der Waals surface area (Å²) in [6, 6.07) is 11.0. The van der Waals surface area contributed by atoms with Gasteiger partial charge in [0.1, 0.15) is 0 Å². The number of carbonyl (C=O) groups is 1. The fraction of sp³-hybridized carbons (Fsp3) is 0.364. The van der Waals surface area contributed by atoms with E-state index in [1.54, 1.807) is 24.5 Å². The summed E-state index contributed by atoms with van der Waals surface area (Å²) in [7, 11) is 0. The van der Waals surface area contributed by atoms with E-state index in [-0.39, 0.29) is 35.8 Å². The van der Waals surface area contributed by atoms with Gasteiger partial charge in [0.25, 0.3) is 11.5 Å². The van der Waals surface area contributed by atoms with Crippen LogP contribution in [0.4, 0.5) is 0 Å². The van der Waals surface area contributed by atoms with Gasteiger partial charge in [-0.25, -0.2) is 4.68 Å². The highest BCUT2D eigenvalue weighted by atomic mass is 35.5. The molecule has 1 aliphatic heterocycles. The number of rotatable bonds is 4. The summed E-state index contributed by atoms with van der Waals surface area (Å²) in [5, 5.41) is 9.01. The quantitative estimate of drug-likeness (QED) is 0.692. The lowest BCUT2D eigenvalue weighted by atomic mass is 10.0. The summed E-state index contributed by atoms with van der Waals surface area (Å²) in [6.07, 6.45) is 3.52. The van der Waals surface area contributed by atoms with Gasteiger partial charge in [0.2, 0.25) is 0 Å². The summed E-state index contributed by atoms with van der Waals surface area (Å²) < 4.78 is 1.43. The Balaban J connectivity index is 0.00000256. The number of hydrogen-bond donors (Lipinski definition) is 1. The normalized spacial score (nSPS) is 16.5. The van der Waals surface area contributed by atoms with Gasteiger partial charge in [-0.05, 0) is 23.6 Å². The van der Waals surface area contributed by atoms with Gasteiger partial charge < -0.3 is 10.2 Å². The van der Waals surface area contributed by atoms with Gasteiger partial charge in [0.15, 0.2) is 5.69 Å². The maximum Gasteiger partial charge on any atom is 0.275 e. The standard InChI is InChI=1S/C22H25N5O2.ClH/c1-15(2)14-27-21(28)18-8-4-3-7-17(18)20(25-27)22(29)26-11-10-24-13-19(26)16-6-5-9-23-12-16;/h3-9,12,15,19,24H,10-11,13-14H2,1-2H3;1H. The van der Waals surface area contributed by atoms with Gasteiger partial charge in [-0.3, -0.25) is 14.6 Å². The highest BCUT2D eigenvalue weighted by Gasteiger charge is 2.31. The van der Waals surface area contributed by atoms with Gasteiger partial charge in [0.05, 0.1) is 11.4 Å². The largest absolute Gasteiger partial charge is 0.328 e. The highest BCUT2D eigenvalue weighted by Crippen LogP contribution is 2.25. The van der Waals surface area contributed by atoms with Crippen LogP contribution in [0, 0.1) is 5.92 Å². The molecule has 0 saturated carbocycles. The zero-order valence-corrected chi connectivity index (χ0v) is 17.9. The molecule has 0 bridgehead atoms. The van der Waals surface area contributed by atoms with Crippen LogP contribution in [0.25, 0.3) is 10.8 Å². The minimum absolute atomic E-state index is 0. The van der Waals surface area contributed by atoms with Crippen LogP contribution in [0.15, 0.2) is 53.6 Å². The van der Waals surface area contributed by atoms with Gasteiger partial charge in [-0.1, -0.05) is 38.1 Å². The molecule has 0 aliphatic carbocycles. The average Bonchev–Trinajstić information content (AvgIpc) is 2.75. The van der Waals surface area contributed by atoms with Crippen molar-refractivity contribution in [2.45, 2.75) is 26.4 Å². The van der Waals surface area contributed by atoms with Gasteiger partial charge in [-0.2, -0.15) is 5.10 Å². The van der Waals surface area contributed by atoms with E-state index in [1.807, 2.05) is 43.0 Å². The minimum atomic E-state index is -0.158. The van der Waals surface area contributed by atoms with Crippen LogP contribution in [-0.4, -0.2) is 45.2 Å². The molecule has 1 aromatic carbocycles. The third-order valence-electron chi connectivity index (χ3n) is 5.18. The summed E-state index contributed by atoms with van der Waals surface area (Å²) in [4.78, 5) is 32.6. The van der Waals surface area contributed by atoms with Crippen LogP contribution in [0.3, 0.4) is 0 Å². The third-order valence-corrected chi connectivity index (χ3v) is 5.18. The summed E-state index contributed by atoms with van der Waals surface area (Å²) in [5.74, 6) is 0.0840. The van der Waals surface area contributed by atoms with Crippen molar-refractivity contribution in [3.8, 4) is 0 Å². The Bertz CT molecular complexity index is 1080. The van der Waals surface area contributed by atoms with Gasteiger partial charge in [-0.15, -0.1) is 12.4 Å². The van der Waals surface area contributed by atoms with Crippen LogP contribution in [0.2, 0.25) is 0 Å². The molecule has 1 N–H and O–H groups in total. The minimum Gasteiger partial charge on any atom is -0.328 e. The molecule has 0 spiro atoms. The monoisotopic (exact) mass is 427 g/mol. The molecule has 0 radical (unpaired) electrons. The molecule has 1 fully saturated rings. The topological polar surface area (TPSA) is 80.1 Å². The first-order valence-electron chi connectivity index (χ1n) is 9.97. The van der Waals surface area contributed by atoms with Gasteiger partial charge in [0, 0.05) is 44.0 Å². The lowest BCUT2D eigenvalue weighted by molar-refractivity contribution is 0.0627. The lowest BCUT2D eigenvalue weighted by Crippen LogP contribution is -2.49. The van der Waals surface area contributed by atoms with Crippen molar-refractivity contribution < 1.29 is 4.79 Å². The number of hydrogen-bond acceptors (Lipinski definition) is 5. The lowest BCUT2D eigenvalue weighted by Gasteiger charge is -2.36. The van der Waals surface area contributed by atoms with Crippen LogP contribution in [-0.2, 0) is 6.54 Å². The molecule has 30 heavy (non-hydrogen) atoms. The first-order valence-corrected chi connectivity index (χ1v) is 9.97. The Morgan fingerprint density at radius 3 is 2.67 bits per heavy atom. The van der Waals surface area contributed by atoms with E-state index in [4.69, 9.17) is 0 Å². The zero-order chi connectivity index (χ0) is 20.4. The summed E-state index contributed by atoms with van der Waals surface area (Å²) >= 11 is 0. The number of nitrogens with zero attached hydrogens (tertiary/aromatic N) is 4. The number of pyridine rings is 1. The number of piperazine rings is 1. The number of benzene rings is 1. The van der Waals surface area contributed by atoms with Crippen molar-refractivity contribution in [1.82, 2.24) is 25.0 Å². The Morgan fingerprint density at radius 1 is 1.20 bits per heavy atom. The van der Waals surface area contributed by atoms with Crippen molar-refractivity contribution >= 4 is 29.1 Å². The summed E-state index contributed by atoms with van der Waals surface area (Å²) in [5.41, 5.74) is 1.15. The molecular weight excluding hydrogens is 402 g/mol. The molecule has 8 heteroatoms. The fourth-order valence-electron chi connectivity index (χ4n) is 3.82. The van der Waals surface area contributed by atoms with Crippen molar-refractivity contribution in [2.75, 3.05) is 19.6 Å². The second-order valence-electron chi connectivity index (χ2n) is 7.78. The van der Waals surface area contributed by atoms with Crippen molar-refractivity contribution in [1.29, 1.82) is 0 Å². The molecule has 1 unspecified atom stereocenters. The molecular formula is C22H26ClN5O2. The second kappa shape index (κ2) is 9.36. The number of aromatic nitrogens is 3. The van der Waals surface area contributed by atoms with Crippen LogP contribution >= 0.6 is 12.4 Å². The van der Waals surface area contributed by atoms with E-state index in [2.05, 4.69) is 15.4 Å². The number of fused-ring (bicyclic) bond motifs is 1. The Kier molecular flexibility index (Phi) is 6.84. The molecule has 4 rings (SSSR count). The Labute approximate surface area is 181 Å². The van der Waals surface area contributed by atoms with Crippen molar-refractivity contribution in [2.24, 2.45) is 5.92 Å². The van der Waals surface area contributed by atoms with E-state index in [0.29, 0.717) is 42.6 Å². The molecule has 1 amide bonds. The predicted octanol–water partition coefficient (Wildman–Crippen LogP) is 2.66. The zero-order valence-electron chi connectivity index (χ0n) is 17.1. The predicted molar refractivity (Wildman–Crippen MR) is 119 cm³/mol. The molecule has 3 aromatic rings. The maximum atomic E-state index is 13.6. The van der Waals surface area contributed by atoms with E-state index < -0.39 is 0 Å². The number of carbonyl (C=O) groups excluding carboxylic acids is 1. The molecule has 1 aliphatic rings. The van der Waals surface area contributed by atoms with Gasteiger partial charge >= 0.3 is 0 Å².